The minimum atomic E-state index is -0.925. The first-order valence-electron chi connectivity index (χ1n) is 17.6. The summed E-state index contributed by atoms with van der Waals surface area (Å²) in [5.41, 5.74) is 2.25. The molecule has 1 aliphatic carbocycles. The molecule has 1 heterocycles. The van der Waals surface area contributed by atoms with E-state index in [-0.39, 0.29) is 55.3 Å². The highest BCUT2D eigenvalue weighted by Gasteiger charge is 2.48. The number of para-hydroxylation sites is 1. The van der Waals surface area contributed by atoms with Gasteiger partial charge in [-0.3, -0.25) is 19.2 Å². The fourth-order valence-electron chi connectivity index (χ4n) is 7.29. The van der Waals surface area contributed by atoms with Gasteiger partial charge in [-0.2, -0.15) is 13.5 Å². The number of carbonyl (C=O) groups excluding carboxylic acids is 4. The number of unbranched alkanes of at least 4 members (excludes halogenated alkanes) is 2. The smallest absolute Gasteiger partial charge is 0.306 e. The monoisotopic (exact) mass is 701 g/mol. The Bertz CT molecular complexity index is 1610. The molecule has 1 aliphatic heterocycles. The SMILES string of the molecule is COc1ccccc1C(=O)NC1CCN(C(=O)[C@H]2CC[C@@](C(=O)NCCCCCC(=O)OC(C)C)(c3ccccc3)c3ccccc32)CC1.S. The Labute approximate surface area is 302 Å². The lowest BCUT2D eigenvalue weighted by atomic mass is 9.62. The highest BCUT2D eigenvalue weighted by molar-refractivity contribution is 7.59. The van der Waals surface area contributed by atoms with E-state index < -0.39 is 5.41 Å². The number of piperidine rings is 1. The van der Waals surface area contributed by atoms with Gasteiger partial charge in [0.25, 0.3) is 5.91 Å². The molecule has 10 heteroatoms. The number of methoxy groups -OCH3 is 1. The number of esters is 1. The van der Waals surface area contributed by atoms with Gasteiger partial charge >= 0.3 is 5.97 Å². The van der Waals surface area contributed by atoms with Crippen molar-refractivity contribution in [2.24, 2.45) is 0 Å². The molecule has 2 aliphatic rings. The van der Waals surface area contributed by atoms with E-state index in [1.165, 1.54) is 0 Å². The van der Waals surface area contributed by atoms with Crippen molar-refractivity contribution >= 4 is 37.2 Å². The average molecular weight is 702 g/mol. The molecule has 1 saturated heterocycles. The number of amides is 3. The van der Waals surface area contributed by atoms with Crippen molar-refractivity contribution in [1.82, 2.24) is 15.5 Å². The summed E-state index contributed by atoms with van der Waals surface area (Å²) in [4.78, 5) is 55.2. The maximum atomic E-state index is 14.3. The molecule has 2 N–H and O–H groups in total. The Morgan fingerprint density at radius 3 is 2.26 bits per heavy atom. The molecule has 3 aromatic carbocycles. The summed E-state index contributed by atoms with van der Waals surface area (Å²) in [7, 11) is 1.55. The van der Waals surface area contributed by atoms with E-state index in [0.29, 0.717) is 69.5 Å². The minimum absolute atomic E-state index is 0. The van der Waals surface area contributed by atoms with Crippen molar-refractivity contribution in [2.75, 3.05) is 26.7 Å². The molecular weight excluding hydrogens is 651 g/mol. The third-order valence-electron chi connectivity index (χ3n) is 9.76. The van der Waals surface area contributed by atoms with Gasteiger partial charge in [0.15, 0.2) is 0 Å². The zero-order valence-corrected chi connectivity index (χ0v) is 30.4. The number of nitrogens with one attached hydrogen (secondary N) is 2. The summed E-state index contributed by atoms with van der Waals surface area (Å²) in [5.74, 6) is -0.186. The number of rotatable bonds is 13. The van der Waals surface area contributed by atoms with Crippen molar-refractivity contribution in [1.29, 1.82) is 0 Å². The molecule has 9 nitrogen and oxygen atoms in total. The van der Waals surface area contributed by atoms with Crippen LogP contribution in [-0.4, -0.2) is 67.5 Å². The molecule has 0 bridgehead atoms. The molecule has 2 atom stereocenters. The van der Waals surface area contributed by atoms with Crippen LogP contribution >= 0.6 is 13.5 Å². The number of carbonyl (C=O) groups is 4. The van der Waals surface area contributed by atoms with Crippen molar-refractivity contribution < 1.29 is 28.7 Å². The molecule has 5 rings (SSSR count). The summed E-state index contributed by atoms with van der Waals surface area (Å²) in [5, 5.41) is 6.33. The second kappa shape index (κ2) is 18.1. The second-order valence-electron chi connectivity index (χ2n) is 13.3. The Hall–Kier alpha value is -4.31. The van der Waals surface area contributed by atoms with Crippen LogP contribution in [0.4, 0.5) is 0 Å². The van der Waals surface area contributed by atoms with Crippen LogP contribution in [0.1, 0.15) is 98.2 Å². The topological polar surface area (TPSA) is 114 Å². The van der Waals surface area contributed by atoms with Crippen molar-refractivity contribution in [3.05, 3.63) is 101 Å². The van der Waals surface area contributed by atoms with Crippen LogP contribution in [-0.2, 0) is 24.5 Å². The van der Waals surface area contributed by atoms with E-state index in [0.717, 1.165) is 29.5 Å². The average Bonchev–Trinajstić information content (AvgIpc) is 3.12. The minimum Gasteiger partial charge on any atom is -0.496 e. The Morgan fingerprint density at radius 1 is 0.860 bits per heavy atom. The first-order chi connectivity index (χ1) is 23.7. The van der Waals surface area contributed by atoms with E-state index in [1.807, 2.05) is 85.5 Å². The van der Waals surface area contributed by atoms with Crippen LogP contribution in [0.2, 0.25) is 0 Å². The van der Waals surface area contributed by atoms with Crippen LogP contribution in [0.5, 0.6) is 5.75 Å². The number of nitrogens with zero attached hydrogens (tertiary/aromatic N) is 1. The summed E-state index contributed by atoms with van der Waals surface area (Å²) in [6.45, 7) is 5.28. The highest BCUT2D eigenvalue weighted by atomic mass is 32.1. The van der Waals surface area contributed by atoms with E-state index in [9.17, 15) is 19.2 Å². The van der Waals surface area contributed by atoms with Gasteiger partial charge in [0.2, 0.25) is 11.8 Å². The zero-order chi connectivity index (χ0) is 34.8. The van der Waals surface area contributed by atoms with Crippen molar-refractivity contribution in [3.63, 3.8) is 0 Å². The highest BCUT2D eigenvalue weighted by Crippen LogP contribution is 2.48. The quantitative estimate of drug-likeness (QED) is 0.167. The predicted molar refractivity (Wildman–Crippen MR) is 199 cm³/mol. The normalized spacial score (nSPS) is 18.7. The van der Waals surface area contributed by atoms with Crippen LogP contribution in [0.3, 0.4) is 0 Å². The first kappa shape index (κ1) is 38.5. The molecule has 1 fully saturated rings. The van der Waals surface area contributed by atoms with E-state index in [2.05, 4.69) is 10.6 Å². The molecule has 0 radical (unpaired) electrons. The summed E-state index contributed by atoms with van der Waals surface area (Å²) < 4.78 is 10.6. The maximum Gasteiger partial charge on any atom is 0.306 e. The zero-order valence-electron chi connectivity index (χ0n) is 29.4. The molecule has 0 saturated carbocycles. The van der Waals surface area contributed by atoms with Crippen molar-refractivity contribution in [2.45, 2.75) is 88.7 Å². The molecule has 50 heavy (non-hydrogen) atoms. The van der Waals surface area contributed by atoms with E-state index >= 15 is 0 Å². The fraction of sp³-hybridized carbons (Fsp3) is 0.450. The van der Waals surface area contributed by atoms with Gasteiger partial charge in [-0.25, -0.2) is 0 Å². The number of ether oxygens (including phenoxy) is 2. The molecule has 3 amide bonds. The number of fused-ring (bicyclic) bond motifs is 1. The lowest BCUT2D eigenvalue weighted by molar-refractivity contribution is -0.147. The van der Waals surface area contributed by atoms with Gasteiger partial charge < -0.3 is 25.0 Å². The van der Waals surface area contributed by atoms with E-state index in [4.69, 9.17) is 9.47 Å². The molecule has 3 aromatic rings. The Balaban J connectivity index is 0.00000562. The Morgan fingerprint density at radius 2 is 1.54 bits per heavy atom. The molecule has 0 spiro atoms. The lowest BCUT2D eigenvalue weighted by Gasteiger charge is -2.42. The van der Waals surface area contributed by atoms with Gasteiger partial charge in [0.1, 0.15) is 5.75 Å². The number of likely N-dealkylation sites (tertiary alicyclic amines) is 1. The van der Waals surface area contributed by atoms with Crippen LogP contribution in [0, 0.1) is 0 Å². The molecule has 0 aromatic heterocycles. The van der Waals surface area contributed by atoms with Gasteiger partial charge in [-0.05, 0) is 81.2 Å². The fourth-order valence-corrected chi connectivity index (χ4v) is 7.29. The third-order valence-corrected chi connectivity index (χ3v) is 9.76. The standard InChI is InChI=1S/C40H49N3O6.H2S/c1-28(2)49-36(44)20-8-5-13-25-41-39(47)40(29-14-6-4-7-15-29)24-21-32(31-16-9-11-18-34(31)40)38(46)43-26-22-30(23-27-43)42-37(45)33-17-10-12-19-35(33)48-3;/h4,6-7,9-12,14-19,28,30,32H,5,8,13,20-27H2,1-3H3,(H,41,47)(H,42,45);1H2/t32-,40+;/m0./s1. The molecule has 0 unspecified atom stereocenters. The maximum absolute atomic E-state index is 14.3. The molecule has 268 valence electrons. The summed E-state index contributed by atoms with van der Waals surface area (Å²) in [6.07, 6.45) is 4.90. The van der Waals surface area contributed by atoms with Crippen molar-refractivity contribution in [3.8, 4) is 5.75 Å². The lowest BCUT2D eigenvalue weighted by Crippen LogP contribution is -2.51. The van der Waals surface area contributed by atoms with Gasteiger partial charge in [-0.15, -0.1) is 0 Å². The van der Waals surface area contributed by atoms with Crippen LogP contribution < -0.4 is 15.4 Å². The Kier molecular flexibility index (Phi) is 13.9. The largest absolute Gasteiger partial charge is 0.496 e. The summed E-state index contributed by atoms with van der Waals surface area (Å²) in [6, 6.07) is 24.9. The number of benzene rings is 3. The third kappa shape index (κ3) is 8.88. The van der Waals surface area contributed by atoms with E-state index in [1.54, 1.807) is 19.2 Å². The van der Waals surface area contributed by atoms with Crippen LogP contribution in [0.15, 0.2) is 78.9 Å². The number of hydrogen-bond donors (Lipinski definition) is 2. The first-order valence-corrected chi connectivity index (χ1v) is 17.6. The van der Waals surface area contributed by atoms with Crippen LogP contribution in [0.25, 0.3) is 0 Å². The summed E-state index contributed by atoms with van der Waals surface area (Å²) >= 11 is 0. The van der Waals surface area contributed by atoms with Gasteiger partial charge in [0.05, 0.1) is 30.1 Å². The predicted octanol–water partition coefficient (Wildman–Crippen LogP) is 6.02. The van der Waals surface area contributed by atoms with Gasteiger partial charge in [0, 0.05) is 32.1 Å². The van der Waals surface area contributed by atoms with Gasteiger partial charge in [-0.1, -0.05) is 73.2 Å². The number of hydrogen-bond acceptors (Lipinski definition) is 6. The molecular formula is C40H51N3O6S. The second-order valence-corrected chi connectivity index (χ2v) is 13.3.